The Balaban J connectivity index is 1.97. The summed E-state index contributed by atoms with van der Waals surface area (Å²) < 4.78 is 10.4. The number of hydrogen-bond donors (Lipinski definition) is 1. The van der Waals surface area contributed by atoms with Crippen molar-refractivity contribution >= 4 is 17.5 Å². The fraction of sp³-hybridized carbons (Fsp3) is 0.333. The van der Waals surface area contributed by atoms with Gasteiger partial charge >= 0.3 is 0 Å². The molecule has 0 fully saturated rings. The Morgan fingerprint density at radius 1 is 1.04 bits per heavy atom. The first-order chi connectivity index (χ1) is 12.9. The SMILES string of the molecule is COc1ccc(OC)c(NC(=O)CCN(Cc2ccc(C)cc2)C(C)=O)c1. The molecule has 6 heteroatoms. The van der Waals surface area contributed by atoms with Crippen LogP contribution in [0.25, 0.3) is 0 Å². The number of carbonyl (C=O) groups is 2. The van der Waals surface area contributed by atoms with Crippen molar-refractivity contribution in [1.82, 2.24) is 4.90 Å². The van der Waals surface area contributed by atoms with Crippen LogP contribution in [0.1, 0.15) is 24.5 Å². The van der Waals surface area contributed by atoms with Gasteiger partial charge in [0.15, 0.2) is 0 Å². The molecule has 2 aromatic rings. The fourth-order valence-electron chi connectivity index (χ4n) is 2.62. The molecule has 0 aliphatic heterocycles. The molecule has 0 aliphatic rings. The number of hydrogen-bond acceptors (Lipinski definition) is 4. The van der Waals surface area contributed by atoms with Crippen LogP contribution in [0.3, 0.4) is 0 Å². The van der Waals surface area contributed by atoms with Crippen LogP contribution in [-0.2, 0) is 16.1 Å². The Labute approximate surface area is 160 Å². The number of carbonyl (C=O) groups excluding carboxylic acids is 2. The lowest BCUT2D eigenvalue weighted by Gasteiger charge is -2.21. The van der Waals surface area contributed by atoms with E-state index in [9.17, 15) is 9.59 Å². The van der Waals surface area contributed by atoms with E-state index in [1.165, 1.54) is 19.6 Å². The topological polar surface area (TPSA) is 67.9 Å². The van der Waals surface area contributed by atoms with E-state index in [1.807, 2.05) is 31.2 Å². The molecule has 27 heavy (non-hydrogen) atoms. The second-order valence-corrected chi connectivity index (χ2v) is 6.29. The molecule has 1 N–H and O–H groups in total. The zero-order chi connectivity index (χ0) is 19.8. The molecule has 0 heterocycles. The highest BCUT2D eigenvalue weighted by Gasteiger charge is 2.14. The van der Waals surface area contributed by atoms with E-state index in [0.717, 1.165) is 5.56 Å². The third-order valence-corrected chi connectivity index (χ3v) is 4.23. The van der Waals surface area contributed by atoms with Gasteiger partial charge in [0, 0.05) is 32.5 Å². The molecule has 2 aromatic carbocycles. The van der Waals surface area contributed by atoms with E-state index in [0.29, 0.717) is 30.3 Å². The van der Waals surface area contributed by atoms with Crippen molar-refractivity contribution < 1.29 is 19.1 Å². The van der Waals surface area contributed by atoms with E-state index < -0.39 is 0 Å². The summed E-state index contributed by atoms with van der Waals surface area (Å²) in [6, 6.07) is 13.2. The lowest BCUT2D eigenvalue weighted by Crippen LogP contribution is -2.31. The maximum atomic E-state index is 12.4. The van der Waals surface area contributed by atoms with Crippen molar-refractivity contribution in [2.75, 3.05) is 26.1 Å². The number of nitrogens with zero attached hydrogens (tertiary/aromatic N) is 1. The first kappa shape index (κ1) is 20.3. The average Bonchev–Trinajstić information content (AvgIpc) is 2.66. The van der Waals surface area contributed by atoms with Gasteiger partial charge in [0.25, 0.3) is 0 Å². The number of ether oxygens (including phenoxy) is 2. The number of amides is 2. The number of benzene rings is 2. The van der Waals surface area contributed by atoms with Gasteiger partial charge in [-0.25, -0.2) is 0 Å². The molecule has 2 rings (SSSR count). The normalized spacial score (nSPS) is 10.2. The maximum absolute atomic E-state index is 12.4. The van der Waals surface area contributed by atoms with Gasteiger partial charge in [-0.15, -0.1) is 0 Å². The van der Waals surface area contributed by atoms with Crippen LogP contribution in [0.2, 0.25) is 0 Å². The summed E-state index contributed by atoms with van der Waals surface area (Å²) in [6.07, 6.45) is 0.186. The van der Waals surface area contributed by atoms with Crippen LogP contribution >= 0.6 is 0 Å². The fourth-order valence-corrected chi connectivity index (χ4v) is 2.62. The molecule has 0 saturated heterocycles. The highest BCUT2D eigenvalue weighted by atomic mass is 16.5. The molecule has 2 amide bonds. The average molecular weight is 370 g/mol. The summed E-state index contributed by atoms with van der Waals surface area (Å²) in [6.45, 7) is 4.34. The van der Waals surface area contributed by atoms with Crippen molar-refractivity contribution in [1.29, 1.82) is 0 Å². The van der Waals surface area contributed by atoms with Crippen molar-refractivity contribution in [2.24, 2.45) is 0 Å². The molecule has 0 spiro atoms. The van der Waals surface area contributed by atoms with Crippen LogP contribution in [0.5, 0.6) is 11.5 Å². The van der Waals surface area contributed by atoms with E-state index in [4.69, 9.17) is 9.47 Å². The van der Waals surface area contributed by atoms with Crippen molar-refractivity contribution in [3.8, 4) is 11.5 Å². The number of aryl methyl sites for hydroxylation is 1. The highest BCUT2D eigenvalue weighted by molar-refractivity contribution is 5.93. The van der Waals surface area contributed by atoms with Gasteiger partial charge in [-0.05, 0) is 24.6 Å². The molecule has 6 nitrogen and oxygen atoms in total. The summed E-state index contributed by atoms with van der Waals surface area (Å²) in [7, 11) is 3.10. The monoisotopic (exact) mass is 370 g/mol. The van der Waals surface area contributed by atoms with Gasteiger partial charge in [0.2, 0.25) is 11.8 Å². The first-order valence-electron chi connectivity index (χ1n) is 8.76. The van der Waals surface area contributed by atoms with Crippen molar-refractivity contribution in [2.45, 2.75) is 26.8 Å². The molecule has 0 saturated carbocycles. The lowest BCUT2D eigenvalue weighted by molar-refractivity contribution is -0.129. The van der Waals surface area contributed by atoms with Crippen LogP contribution in [0.4, 0.5) is 5.69 Å². The number of nitrogens with one attached hydrogen (secondary N) is 1. The van der Waals surface area contributed by atoms with Gasteiger partial charge in [0.1, 0.15) is 11.5 Å². The van der Waals surface area contributed by atoms with Gasteiger partial charge in [-0.3, -0.25) is 9.59 Å². The van der Waals surface area contributed by atoms with Crippen molar-refractivity contribution in [3.63, 3.8) is 0 Å². The minimum atomic E-state index is -0.197. The van der Waals surface area contributed by atoms with Gasteiger partial charge < -0.3 is 19.7 Å². The predicted octanol–water partition coefficient (Wildman–Crippen LogP) is 3.39. The van der Waals surface area contributed by atoms with Gasteiger partial charge in [0.05, 0.1) is 19.9 Å². The zero-order valence-corrected chi connectivity index (χ0v) is 16.2. The second-order valence-electron chi connectivity index (χ2n) is 6.29. The Hall–Kier alpha value is -3.02. The summed E-state index contributed by atoms with van der Waals surface area (Å²) in [4.78, 5) is 25.9. The molecule has 0 radical (unpaired) electrons. The maximum Gasteiger partial charge on any atom is 0.226 e. The Morgan fingerprint density at radius 3 is 2.33 bits per heavy atom. The number of methoxy groups -OCH3 is 2. The lowest BCUT2D eigenvalue weighted by atomic mass is 10.1. The molecule has 0 bridgehead atoms. The highest BCUT2D eigenvalue weighted by Crippen LogP contribution is 2.28. The van der Waals surface area contributed by atoms with Crippen LogP contribution < -0.4 is 14.8 Å². The summed E-state index contributed by atoms with van der Waals surface area (Å²) >= 11 is 0. The first-order valence-corrected chi connectivity index (χ1v) is 8.76. The number of anilines is 1. The minimum Gasteiger partial charge on any atom is -0.497 e. The summed E-state index contributed by atoms with van der Waals surface area (Å²) in [5.41, 5.74) is 2.74. The Bertz CT molecular complexity index is 787. The number of rotatable bonds is 8. The molecular weight excluding hydrogens is 344 g/mol. The minimum absolute atomic E-state index is 0.0673. The largest absolute Gasteiger partial charge is 0.497 e. The molecular formula is C21H26N2O4. The van der Waals surface area contributed by atoms with E-state index >= 15 is 0 Å². The van der Waals surface area contributed by atoms with Gasteiger partial charge in [-0.1, -0.05) is 29.8 Å². The van der Waals surface area contributed by atoms with Crippen LogP contribution in [-0.4, -0.2) is 37.5 Å². The van der Waals surface area contributed by atoms with E-state index in [1.54, 1.807) is 30.2 Å². The smallest absolute Gasteiger partial charge is 0.226 e. The second kappa shape index (κ2) is 9.62. The Morgan fingerprint density at radius 2 is 1.74 bits per heavy atom. The Kier molecular flexibility index (Phi) is 7.23. The van der Waals surface area contributed by atoms with Crippen molar-refractivity contribution in [3.05, 3.63) is 53.6 Å². The quantitative estimate of drug-likeness (QED) is 0.773. The molecule has 0 aromatic heterocycles. The summed E-state index contributed by atoms with van der Waals surface area (Å²) in [5, 5.41) is 2.82. The standard InChI is InChI=1S/C21H26N2O4/c1-15-5-7-17(8-6-15)14-23(16(2)24)12-11-21(25)22-19-13-18(26-3)9-10-20(19)27-4/h5-10,13H,11-12,14H2,1-4H3,(H,22,25). The third-order valence-electron chi connectivity index (χ3n) is 4.23. The third kappa shape index (κ3) is 6.02. The van der Waals surface area contributed by atoms with E-state index in [2.05, 4.69) is 5.32 Å². The zero-order valence-electron chi connectivity index (χ0n) is 16.2. The molecule has 0 unspecified atom stereocenters. The molecule has 0 atom stereocenters. The van der Waals surface area contributed by atoms with Crippen LogP contribution in [0.15, 0.2) is 42.5 Å². The molecule has 144 valence electrons. The van der Waals surface area contributed by atoms with Gasteiger partial charge in [-0.2, -0.15) is 0 Å². The summed E-state index contributed by atoms with van der Waals surface area (Å²) in [5.74, 6) is 0.905. The molecule has 0 aliphatic carbocycles. The van der Waals surface area contributed by atoms with E-state index in [-0.39, 0.29) is 18.2 Å². The van der Waals surface area contributed by atoms with Crippen LogP contribution in [0, 0.1) is 6.92 Å². The predicted molar refractivity (Wildman–Crippen MR) is 105 cm³/mol.